The summed E-state index contributed by atoms with van der Waals surface area (Å²) < 4.78 is 6.03. The Morgan fingerprint density at radius 1 is 1.26 bits per heavy atom. The lowest BCUT2D eigenvalue weighted by atomic mass is 9.78. The molecule has 1 atom stereocenters. The molecule has 108 valence electrons. The van der Waals surface area contributed by atoms with E-state index in [2.05, 4.69) is 36.3 Å². The largest absolute Gasteiger partial charge is 0.423 e. The van der Waals surface area contributed by atoms with Crippen LogP contribution in [0.15, 0.2) is 4.42 Å². The van der Waals surface area contributed by atoms with Crippen LogP contribution in [0.25, 0.3) is 0 Å². The third-order valence-corrected chi connectivity index (χ3v) is 4.31. The van der Waals surface area contributed by atoms with Gasteiger partial charge in [0.25, 0.3) is 0 Å². The lowest BCUT2D eigenvalue weighted by molar-refractivity contribution is 0.260. The number of hydrogen-bond donors (Lipinski definition) is 1. The van der Waals surface area contributed by atoms with Gasteiger partial charge in [-0.15, -0.1) is 10.2 Å². The van der Waals surface area contributed by atoms with Crippen molar-refractivity contribution in [1.29, 1.82) is 0 Å². The van der Waals surface area contributed by atoms with Crippen LogP contribution in [-0.2, 0) is 5.41 Å². The highest BCUT2D eigenvalue weighted by Gasteiger charge is 2.41. The zero-order valence-electron chi connectivity index (χ0n) is 12.7. The number of nitrogens with zero attached hydrogens (tertiary/aromatic N) is 2. The topological polar surface area (TPSA) is 51.0 Å². The predicted molar refractivity (Wildman–Crippen MR) is 76.0 cm³/mol. The van der Waals surface area contributed by atoms with Crippen molar-refractivity contribution in [2.24, 2.45) is 5.92 Å². The van der Waals surface area contributed by atoms with E-state index in [0.29, 0.717) is 5.92 Å². The maximum atomic E-state index is 6.03. The summed E-state index contributed by atoms with van der Waals surface area (Å²) in [6, 6.07) is 0.179. The van der Waals surface area contributed by atoms with Gasteiger partial charge >= 0.3 is 0 Å². The van der Waals surface area contributed by atoms with E-state index >= 15 is 0 Å². The molecule has 1 aliphatic carbocycles. The molecule has 1 unspecified atom stereocenters. The van der Waals surface area contributed by atoms with Gasteiger partial charge in [0.2, 0.25) is 11.8 Å². The average molecular weight is 265 g/mol. The summed E-state index contributed by atoms with van der Waals surface area (Å²) in [7, 11) is 1.94. The lowest BCUT2D eigenvalue weighted by Gasteiger charge is -2.26. The van der Waals surface area contributed by atoms with Crippen molar-refractivity contribution in [2.75, 3.05) is 7.05 Å². The van der Waals surface area contributed by atoms with Crippen molar-refractivity contribution in [1.82, 2.24) is 15.5 Å². The summed E-state index contributed by atoms with van der Waals surface area (Å²) >= 11 is 0. The summed E-state index contributed by atoms with van der Waals surface area (Å²) in [5, 5.41) is 11.9. The van der Waals surface area contributed by atoms with Crippen molar-refractivity contribution >= 4 is 0 Å². The predicted octanol–water partition coefficient (Wildman–Crippen LogP) is 3.60. The van der Waals surface area contributed by atoms with Crippen LogP contribution in [0.4, 0.5) is 0 Å². The van der Waals surface area contributed by atoms with Gasteiger partial charge in [0.1, 0.15) is 0 Å². The van der Waals surface area contributed by atoms with Gasteiger partial charge in [-0.25, -0.2) is 0 Å². The quantitative estimate of drug-likeness (QED) is 0.854. The molecule has 0 aliphatic heterocycles. The summed E-state index contributed by atoms with van der Waals surface area (Å²) in [5.41, 5.74) is 0.144. The van der Waals surface area contributed by atoms with Gasteiger partial charge in [-0.3, -0.25) is 0 Å². The molecule has 1 heterocycles. The highest BCUT2D eigenvalue weighted by molar-refractivity contribution is 5.08. The zero-order valence-corrected chi connectivity index (χ0v) is 12.7. The molecule has 19 heavy (non-hydrogen) atoms. The van der Waals surface area contributed by atoms with Crippen molar-refractivity contribution in [3.63, 3.8) is 0 Å². The maximum Gasteiger partial charge on any atom is 0.233 e. The molecule has 4 nitrogen and oxygen atoms in total. The summed E-state index contributed by atoms with van der Waals surface area (Å²) in [6.07, 6.45) is 7.09. The molecule has 1 saturated carbocycles. The molecule has 0 aromatic carbocycles. The molecule has 2 rings (SSSR count). The van der Waals surface area contributed by atoms with Crippen molar-refractivity contribution in [3.8, 4) is 0 Å². The van der Waals surface area contributed by atoms with Crippen molar-refractivity contribution in [3.05, 3.63) is 11.8 Å². The van der Waals surface area contributed by atoms with Crippen LogP contribution < -0.4 is 5.32 Å². The van der Waals surface area contributed by atoms with Gasteiger partial charge in [0, 0.05) is 5.41 Å². The van der Waals surface area contributed by atoms with Crippen LogP contribution in [0.2, 0.25) is 0 Å². The molecule has 0 amide bonds. The molecular formula is C15H27N3O. The van der Waals surface area contributed by atoms with Crippen LogP contribution in [0.3, 0.4) is 0 Å². The summed E-state index contributed by atoms with van der Waals surface area (Å²) in [6.45, 7) is 6.68. The fourth-order valence-corrected chi connectivity index (χ4v) is 3.43. The molecule has 1 aromatic heterocycles. The molecule has 4 heteroatoms. The minimum Gasteiger partial charge on any atom is -0.423 e. The van der Waals surface area contributed by atoms with E-state index in [-0.39, 0.29) is 11.5 Å². The Bertz CT molecular complexity index is 390. The summed E-state index contributed by atoms with van der Waals surface area (Å²) in [5.74, 6) is 2.29. The first-order valence-electron chi connectivity index (χ1n) is 7.62. The first kappa shape index (κ1) is 14.5. The second-order valence-electron chi connectivity index (χ2n) is 6.28. The molecule has 1 fully saturated rings. The Hall–Kier alpha value is -0.900. The Morgan fingerprint density at radius 2 is 1.95 bits per heavy atom. The third kappa shape index (κ3) is 2.99. The van der Waals surface area contributed by atoms with Gasteiger partial charge in [0.15, 0.2) is 0 Å². The molecule has 0 bridgehead atoms. The van der Waals surface area contributed by atoms with Crippen LogP contribution in [0, 0.1) is 5.92 Å². The molecule has 0 spiro atoms. The van der Waals surface area contributed by atoms with Crippen LogP contribution in [-0.4, -0.2) is 17.2 Å². The van der Waals surface area contributed by atoms with E-state index < -0.39 is 0 Å². The fraction of sp³-hybridized carbons (Fsp3) is 0.867. The second kappa shape index (κ2) is 6.04. The third-order valence-electron chi connectivity index (χ3n) is 4.31. The molecule has 1 aliphatic rings. The first-order chi connectivity index (χ1) is 9.11. The summed E-state index contributed by atoms with van der Waals surface area (Å²) in [4.78, 5) is 0. The Morgan fingerprint density at radius 3 is 2.47 bits per heavy atom. The highest BCUT2D eigenvalue weighted by atomic mass is 16.4. The normalized spacial score (nSPS) is 20.1. The lowest BCUT2D eigenvalue weighted by Crippen LogP contribution is -2.25. The van der Waals surface area contributed by atoms with Gasteiger partial charge in [-0.2, -0.15) is 0 Å². The van der Waals surface area contributed by atoms with Crippen LogP contribution in [0.5, 0.6) is 0 Å². The number of aromatic nitrogens is 2. The molecule has 0 saturated heterocycles. The Labute approximate surface area is 116 Å². The van der Waals surface area contributed by atoms with Crippen LogP contribution in [0.1, 0.15) is 77.1 Å². The first-order valence-corrected chi connectivity index (χ1v) is 7.62. The van der Waals surface area contributed by atoms with E-state index in [9.17, 15) is 0 Å². The Balaban J connectivity index is 2.23. The van der Waals surface area contributed by atoms with E-state index in [1.165, 1.54) is 25.7 Å². The van der Waals surface area contributed by atoms with E-state index in [1.807, 2.05) is 7.05 Å². The molecule has 1 aromatic rings. The van der Waals surface area contributed by atoms with Gasteiger partial charge < -0.3 is 9.73 Å². The van der Waals surface area contributed by atoms with E-state index in [1.54, 1.807) is 0 Å². The molecular weight excluding hydrogens is 238 g/mol. The maximum absolute atomic E-state index is 6.03. The second-order valence-corrected chi connectivity index (χ2v) is 6.28. The van der Waals surface area contributed by atoms with Gasteiger partial charge in [-0.05, 0) is 38.6 Å². The molecule has 0 radical (unpaired) electrons. The minimum absolute atomic E-state index is 0.144. The minimum atomic E-state index is 0.144. The van der Waals surface area contributed by atoms with E-state index in [4.69, 9.17) is 4.42 Å². The molecule has 1 N–H and O–H groups in total. The van der Waals surface area contributed by atoms with Crippen LogP contribution >= 0.6 is 0 Å². The Kier molecular flexibility index (Phi) is 4.61. The number of nitrogens with one attached hydrogen (secondary N) is 1. The number of rotatable bonds is 6. The highest BCUT2D eigenvalue weighted by Crippen LogP contribution is 2.45. The monoisotopic (exact) mass is 265 g/mol. The zero-order chi connectivity index (χ0) is 13.9. The van der Waals surface area contributed by atoms with Gasteiger partial charge in [-0.1, -0.05) is 33.6 Å². The van der Waals surface area contributed by atoms with E-state index in [0.717, 1.165) is 24.6 Å². The smallest absolute Gasteiger partial charge is 0.233 e. The average Bonchev–Trinajstić information content (AvgIpc) is 3.00. The van der Waals surface area contributed by atoms with Crippen molar-refractivity contribution < 1.29 is 4.42 Å². The van der Waals surface area contributed by atoms with Crippen molar-refractivity contribution in [2.45, 2.75) is 70.8 Å². The SMILES string of the molecule is CCC(NC)c1nnc(C2(CC(C)C)CCCC2)o1. The fourth-order valence-electron chi connectivity index (χ4n) is 3.43. The number of hydrogen-bond acceptors (Lipinski definition) is 4. The van der Waals surface area contributed by atoms with Gasteiger partial charge in [0.05, 0.1) is 6.04 Å². The standard InChI is InChI=1S/C15H27N3O/c1-5-12(16-4)13-17-18-14(19-13)15(10-11(2)3)8-6-7-9-15/h11-12,16H,5-10H2,1-4H3.